The minimum absolute atomic E-state index is 0.707. The summed E-state index contributed by atoms with van der Waals surface area (Å²) in [6, 6.07) is 11.5. The zero-order valence-electron chi connectivity index (χ0n) is 16.0. The molecule has 0 fully saturated rings. The highest BCUT2D eigenvalue weighted by Gasteiger charge is 2.17. The van der Waals surface area contributed by atoms with Crippen LogP contribution in [0.3, 0.4) is 0 Å². The van der Waals surface area contributed by atoms with Crippen LogP contribution in [-0.4, -0.2) is 33.4 Å². The van der Waals surface area contributed by atoms with Crippen molar-refractivity contribution in [1.29, 1.82) is 0 Å². The van der Waals surface area contributed by atoms with Crippen LogP contribution >= 0.6 is 22.9 Å². The van der Waals surface area contributed by atoms with Crippen LogP contribution in [0.5, 0.6) is 11.5 Å². The van der Waals surface area contributed by atoms with E-state index in [4.69, 9.17) is 31.2 Å². The van der Waals surface area contributed by atoms with Gasteiger partial charge in [-0.15, -0.1) is 0 Å². The van der Waals surface area contributed by atoms with Crippen LogP contribution in [0.15, 0.2) is 48.8 Å². The van der Waals surface area contributed by atoms with Crippen molar-refractivity contribution in [2.75, 3.05) is 14.2 Å². The molecule has 0 unspecified atom stereocenters. The predicted molar refractivity (Wildman–Crippen MR) is 116 cm³/mol. The Kier molecular flexibility index (Phi) is 4.22. The molecular weight excluding hydrogens is 408 g/mol. The first kappa shape index (κ1) is 18.0. The first-order valence-corrected chi connectivity index (χ1v) is 10.1. The minimum Gasteiger partial charge on any atom is -0.497 e. The van der Waals surface area contributed by atoms with Crippen LogP contribution in [0, 0.1) is 0 Å². The van der Waals surface area contributed by atoms with Crippen LogP contribution in [0.25, 0.3) is 37.7 Å². The number of imidazole rings is 1. The van der Waals surface area contributed by atoms with Crippen LogP contribution in [0.1, 0.15) is 0 Å². The normalized spacial score (nSPS) is 11.4. The van der Waals surface area contributed by atoms with Crippen molar-refractivity contribution in [3.8, 4) is 33.3 Å². The van der Waals surface area contributed by atoms with Gasteiger partial charge >= 0.3 is 0 Å². The summed E-state index contributed by atoms with van der Waals surface area (Å²) in [6.07, 6.45) is 3.98. The molecule has 0 radical (unpaired) electrons. The van der Waals surface area contributed by atoms with E-state index in [0.717, 1.165) is 49.2 Å². The Bertz CT molecular complexity index is 1340. The molecule has 5 aromatic rings. The van der Waals surface area contributed by atoms with E-state index in [0.29, 0.717) is 5.02 Å². The van der Waals surface area contributed by atoms with Gasteiger partial charge in [0.05, 0.1) is 26.1 Å². The van der Waals surface area contributed by atoms with Crippen LogP contribution in [0.2, 0.25) is 5.02 Å². The third-order valence-electron chi connectivity index (χ3n) is 4.91. The molecule has 6 nitrogen and oxygen atoms in total. The summed E-state index contributed by atoms with van der Waals surface area (Å²) in [5, 5.41) is 7.44. The molecule has 0 spiro atoms. The number of nitrogens with zero attached hydrogens (tertiary/aromatic N) is 4. The second-order valence-electron chi connectivity index (χ2n) is 6.64. The summed E-state index contributed by atoms with van der Waals surface area (Å²) in [4.78, 5) is 5.57. The molecule has 0 saturated heterocycles. The summed E-state index contributed by atoms with van der Waals surface area (Å²) in [6.45, 7) is 0. The van der Waals surface area contributed by atoms with Crippen LogP contribution in [0.4, 0.5) is 0 Å². The number of ether oxygens (including phenoxy) is 2. The molecule has 0 aliphatic rings. The monoisotopic (exact) mass is 424 g/mol. The van der Waals surface area contributed by atoms with Gasteiger partial charge in [-0.2, -0.15) is 5.10 Å². The van der Waals surface area contributed by atoms with E-state index in [1.807, 2.05) is 49.6 Å². The highest BCUT2D eigenvalue weighted by atomic mass is 35.5. The first-order chi connectivity index (χ1) is 14.1. The molecule has 5 rings (SSSR count). The predicted octanol–water partition coefficient (Wildman–Crippen LogP) is 5.29. The SMILES string of the molecule is COc1ccc(OC)c(-c2cn3nc(-c4cn(C)c5ccc(Cl)cc45)sc3n2)c1. The Morgan fingerprint density at radius 1 is 1.00 bits per heavy atom. The molecule has 0 aliphatic carbocycles. The molecule has 0 saturated carbocycles. The zero-order chi connectivity index (χ0) is 20.1. The second-order valence-corrected chi connectivity index (χ2v) is 8.03. The fourth-order valence-corrected chi connectivity index (χ4v) is 4.57. The third kappa shape index (κ3) is 2.94. The fraction of sp³-hybridized carbons (Fsp3) is 0.143. The maximum Gasteiger partial charge on any atom is 0.213 e. The maximum absolute atomic E-state index is 6.22. The van der Waals surface area contributed by atoms with Gasteiger partial charge in [-0.25, -0.2) is 9.50 Å². The number of fused-ring (bicyclic) bond motifs is 2. The Morgan fingerprint density at radius 2 is 1.86 bits per heavy atom. The van der Waals surface area contributed by atoms with Gasteiger partial charge in [0, 0.05) is 40.3 Å². The van der Waals surface area contributed by atoms with E-state index < -0.39 is 0 Å². The van der Waals surface area contributed by atoms with Gasteiger partial charge in [-0.3, -0.25) is 0 Å². The third-order valence-corrected chi connectivity index (χ3v) is 6.10. The Hall–Kier alpha value is -3.03. The van der Waals surface area contributed by atoms with Gasteiger partial charge in [0.2, 0.25) is 4.96 Å². The van der Waals surface area contributed by atoms with Gasteiger partial charge in [0.1, 0.15) is 16.5 Å². The summed E-state index contributed by atoms with van der Waals surface area (Å²) >= 11 is 7.76. The Morgan fingerprint density at radius 3 is 2.62 bits per heavy atom. The van der Waals surface area contributed by atoms with Crippen molar-refractivity contribution in [1.82, 2.24) is 19.2 Å². The number of methoxy groups -OCH3 is 2. The molecule has 8 heteroatoms. The lowest BCUT2D eigenvalue weighted by atomic mass is 10.1. The number of rotatable bonds is 4. The van der Waals surface area contributed by atoms with Gasteiger partial charge in [0.15, 0.2) is 0 Å². The van der Waals surface area contributed by atoms with E-state index in [2.05, 4.69) is 10.8 Å². The molecule has 29 heavy (non-hydrogen) atoms. The lowest BCUT2D eigenvalue weighted by Gasteiger charge is -2.08. The van der Waals surface area contributed by atoms with Gasteiger partial charge in [-0.05, 0) is 36.4 Å². The average molecular weight is 425 g/mol. The van der Waals surface area contributed by atoms with Crippen molar-refractivity contribution in [2.24, 2.45) is 7.05 Å². The Balaban J connectivity index is 1.62. The standard InChI is InChI=1S/C21H17ClN4O2S/c1-25-10-16(14-8-12(22)4-6-18(14)25)20-24-26-11-17(23-21(26)29-20)15-9-13(27-2)5-7-19(15)28-3/h4-11H,1-3H3. The molecule has 0 N–H and O–H groups in total. The molecule has 0 amide bonds. The Labute approximate surface area is 175 Å². The largest absolute Gasteiger partial charge is 0.497 e. The van der Waals surface area contributed by atoms with E-state index in [1.54, 1.807) is 18.7 Å². The highest BCUT2D eigenvalue weighted by molar-refractivity contribution is 7.20. The van der Waals surface area contributed by atoms with Crippen molar-refractivity contribution < 1.29 is 9.47 Å². The van der Waals surface area contributed by atoms with E-state index >= 15 is 0 Å². The summed E-state index contributed by atoms with van der Waals surface area (Å²) < 4.78 is 14.7. The van der Waals surface area contributed by atoms with Gasteiger partial charge in [0.25, 0.3) is 0 Å². The molecule has 0 bridgehead atoms. The lowest BCUT2D eigenvalue weighted by molar-refractivity contribution is 0.404. The lowest BCUT2D eigenvalue weighted by Crippen LogP contribution is -1.90. The molecule has 0 atom stereocenters. The molecular formula is C21H17ClN4O2S. The molecule has 3 heterocycles. The van der Waals surface area contributed by atoms with Crippen molar-refractivity contribution in [2.45, 2.75) is 0 Å². The van der Waals surface area contributed by atoms with Gasteiger partial charge in [-0.1, -0.05) is 22.9 Å². The summed E-state index contributed by atoms with van der Waals surface area (Å²) in [7, 11) is 5.30. The number of halogens is 1. The first-order valence-electron chi connectivity index (χ1n) is 8.91. The summed E-state index contributed by atoms with van der Waals surface area (Å²) in [5.41, 5.74) is 3.80. The van der Waals surface area contributed by atoms with Gasteiger partial charge < -0.3 is 14.0 Å². The topological polar surface area (TPSA) is 53.6 Å². The number of hydrogen-bond donors (Lipinski definition) is 0. The van der Waals surface area contributed by atoms with Crippen molar-refractivity contribution in [3.05, 3.63) is 53.8 Å². The second kappa shape index (κ2) is 6.79. The smallest absolute Gasteiger partial charge is 0.213 e. The van der Waals surface area contributed by atoms with Crippen LogP contribution < -0.4 is 9.47 Å². The van der Waals surface area contributed by atoms with Crippen LogP contribution in [-0.2, 0) is 7.05 Å². The van der Waals surface area contributed by atoms with E-state index in [9.17, 15) is 0 Å². The molecule has 0 aliphatic heterocycles. The quantitative estimate of drug-likeness (QED) is 0.393. The van der Waals surface area contributed by atoms with Crippen molar-refractivity contribution in [3.63, 3.8) is 0 Å². The number of benzene rings is 2. The highest BCUT2D eigenvalue weighted by Crippen LogP contribution is 2.37. The molecule has 3 aromatic heterocycles. The van der Waals surface area contributed by atoms with E-state index in [1.165, 1.54) is 11.3 Å². The minimum atomic E-state index is 0.707. The maximum atomic E-state index is 6.22. The number of aromatic nitrogens is 4. The summed E-state index contributed by atoms with van der Waals surface area (Å²) in [5.74, 6) is 1.49. The zero-order valence-corrected chi connectivity index (χ0v) is 17.6. The molecule has 2 aromatic carbocycles. The van der Waals surface area contributed by atoms with E-state index in [-0.39, 0.29) is 0 Å². The molecule has 146 valence electrons. The fourth-order valence-electron chi connectivity index (χ4n) is 3.49. The number of hydrogen-bond acceptors (Lipinski definition) is 5. The number of aryl methyl sites for hydroxylation is 1. The average Bonchev–Trinajstić information content (AvgIpc) is 3.38. The van der Waals surface area contributed by atoms with Crippen molar-refractivity contribution >= 4 is 38.8 Å².